The summed E-state index contributed by atoms with van der Waals surface area (Å²) in [7, 11) is 0. The number of rotatable bonds is 2. The second-order valence-electron chi connectivity index (χ2n) is 2.50. The number of benzene rings is 1. The van der Waals surface area contributed by atoms with Crippen molar-refractivity contribution in [1.29, 1.82) is 0 Å². The number of carbonyl (C=O) groups is 1. The Morgan fingerprint density at radius 1 is 1.36 bits per heavy atom. The van der Waals surface area contributed by atoms with Crippen LogP contribution in [0.3, 0.4) is 0 Å². The molecule has 14 heavy (non-hydrogen) atoms. The smallest absolute Gasteiger partial charge is 0.337 e. The second-order valence-corrected chi connectivity index (χ2v) is 3.29. The maximum absolute atomic E-state index is 13.0. The van der Waals surface area contributed by atoms with E-state index >= 15 is 0 Å². The zero-order valence-electron chi connectivity index (χ0n) is 6.67. The molecule has 1 rings (SSSR count). The molecule has 0 radical (unpaired) electrons. The SMILES string of the molecule is O=C(O)[C@H](O)c1c(F)ccc(F)c1Br. The van der Waals surface area contributed by atoms with Crippen LogP contribution in [0.5, 0.6) is 0 Å². The van der Waals surface area contributed by atoms with Crippen molar-refractivity contribution >= 4 is 21.9 Å². The number of carboxylic acid groups (broad SMARTS) is 1. The summed E-state index contributed by atoms with van der Waals surface area (Å²) in [6.45, 7) is 0. The predicted molar refractivity (Wildman–Crippen MR) is 46.7 cm³/mol. The van der Waals surface area contributed by atoms with Gasteiger partial charge in [0.2, 0.25) is 0 Å². The molecule has 0 spiro atoms. The zero-order valence-corrected chi connectivity index (χ0v) is 8.25. The first-order valence-corrected chi connectivity index (χ1v) is 4.28. The normalized spacial score (nSPS) is 12.6. The molecule has 1 atom stereocenters. The average Bonchev–Trinajstić information content (AvgIpc) is 2.12. The predicted octanol–water partition coefficient (Wildman–Crippen LogP) is 1.85. The Bertz CT molecular complexity index is 381. The minimum atomic E-state index is -2.08. The molecule has 0 saturated carbocycles. The Balaban J connectivity index is 3.32. The molecule has 3 nitrogen and oxygen atoms in total. The highest BCUT2D eigenvalue weighted by Crippen LogP contribution is 2.28. The summed E-state index contributed by atoms with van der Waals surface area (Å²) in [6.07, 6.45) is -2.08. The van der Waals surface area contributed by atoms with Crippen LogP contribution in [0.1, 0.15) is 11.7 Å². The monoisotopic (exact) mass is 266 g/mol. The molecule has 1 aromatic carbocycles. The molecule has 1 aromatic rings. The summed E-state index contributed by atoms with van der Waals surface area (Å²) in [5.41, 5.74) is -0.613. The van der Waals surface area contributed by atoms with Gasteiger partial charge in [0.25, 0.3) is 0 Å². The molecule has 76 valence electrons. The van der Waals surface area contributed by atoms with Crippen LogP contribution in [0, 0.1) is 11.6 Å². The van der Waals surface area contributed by atoms with Crippen molar-refractivity contribution in [2.24, 2.45) is 0 Å². The Morgan fingerprint density at radius 2 is 1.86 bits per heavy atom. The zero-order chi connectivity index (χ0) is 10.9. The van der Waals surface area contributed by atoms with E-state index in [1.165, 1.54) is 0 Å². The molecule has 0 amide bonds. The first-order chi connectivity index (χ1) is 6.45. The van der Waals surface area contributed by atoms with E-state index in [9.17, 15) is 13.6 Å². The summed E-state index contributed by atoms with van der Waals surface area (Å²) in [5.74, 6) is -3.45. The van der Waals surface area contributed by atoms with E-state index in [0.29, 0.717) is 0 Å². The highest BCUT2D eigenvalue weighted by molar-refractivity contribution is 9.10. The Morgan fingerprint density at radius 3 is 2.36 bits per heavy atom. The molecule has 0 aromatic heterocycles. The second kappa shape index (κ2) is 4.02. The van der Waals surface area contributed by atoms with Gasteiger partial charge in [-0.25, -0.2) is 13.6 Å². The molecule has 0 bridgehead atoms. The van der Waals surface area contributed by atoms with Crippen LogP contribution >= 0.6 is 15.9 Å². The molecular formula is C8H5BrF2O3. The van der Waals surface area contributed by atoms with E-state index in [1.54, 1.807) is 0 Å². The van der Waals surface area contributed by atoms with Gasteiger partial charge < -0.3 is 10.2 Å². The minimum Gasteiger partial charge on any atom is -0.479 e. The summed E-state index contributed by atoms with van der Waals surface area (Å²) >= 11 is 2.66. The van der Waals surface area contributed by atoms with Crippen molar-refractivity contribution in [3.8, 4) is 0 Å². The quantitative estimate of drug-likeness (QED) is 0.804. The standard InChI is InChI=1S/C8H5BrF2O3/c9-6-4(11)2-1-3(10)5(6)7(12)8(13)14/h1-2,7,12H,(H,13,14)/t7-/m1/s1. The first-order valence-electron chi connectivity index (χ1n) is 3.49. The lowest BCUT2D eigenvalue weighted by atomic mass is 10.1. The maximum atomic E-state index is 13.0. The third-order valence-corrected chi connectivity index (χ3v) is 2.39. The van der Waals surface area contributed by atoms with Gasteiger partial charge in [0.1, 0.15) is 11.6 Å². The van der Waals surface area contributed by atoms with Gasteiger partial charge in [-0.3, -0.25) is 0 Å². The van der Waals surface area contributed by atoms with E-state index in [2.05, 4.69) is 15.9 Å². The van der Waals surface area contributed by atoms with Gasteiger partial charge in [0, 0.05) is 5.56 Å². The van der Waals surface area contributed by atoms with E-state index in [0.717, 1.165) is 12.1 Å². The van der Waals surface area contributed by atoms with E-state index in [1.807, 2.05) is 0 Å². The Labute approximate surface area is 86.1 Å². The number of aliphatic hydroxyl groups is 1. The van der Waals surface area contributed by atoms with Gasteiger partial charge in [-0.05, 0) is 28.1 Å². The average molecular weight is 267 g/mol. The number of carboxylic acids is 1. The van der Waals surface area contributed by atoms with Gasteiger partial charge >= 0.3 is 5.97 Å². The van der Waals surface area contributed by atoms with Gasteiger partial charge in [-0.2, -0.15) is 0 Å². The minimum absolute atomic E-state index is 0.382. The summed E-state index contributed by atoms with van der Waals surface area (Å²) in [4.78, 5) is 10.4. The molecular weight excluding hydrogens is 262 g/mol. The largest absolute Gasteiger partial charge is 0.479 e. The van der Waals surface area contributed by atoms with Crippen molar-refractivity contribution < 1.29 is 23.8 Å². The van der Waals surface area contributed by atoms with Crippen LogP contribution in [-0.4, -0.2) is 16.2 Å². The molecule has 6 heteroatoms. The number of aliphatic hydroxyl groups excluding tert-OH is 1. The van der Waals surface area contributed by atoms with Crippen molar-refractivity contribution in [2.75, 3.05) is 0 Å². The molecule has 0 aliphatic carbocycles. The molecule has 0 aliphatic rings. The van der Waals surface area contributed by atoms with E-state index in [4.69, 9.17) is 10.2 Å². The van der Waals surface area contributed by atoms with Gasteiger partial charge in [-0.1, -0.05) is 0 Å². The van der Waals surface area contributed by atoms with Crippen LogP contribution in [0.15, 0.2) is 16.6 Å². The number of halogens is 3. The molecule has 0 saturated heterocycles. The molecule has 0 heterocycles. The highest BCUT2D eigenvalue weighted by atomic mass is 79.9. The third-order valence-electron chi connectivity index (χ3n) is 1.59. The van der Waals surface area contributed by atoms with Crippen molar-refractivity contribution in [1.82, 2.24) is 0 Å². The molecule has 0 unspecified atom stereocenters. The number of aliphatic carboxylic acids is 1. The van der Waals surface area contributed by atoms with Crippen LogP contribution in [0.25, 0.3) is 0 Å². The van der Waals surface area contributed by atoms with E-state index in [-0.39, 0.29) is 4.47 Å². The Hall–Kier alpha value is -1.01. The summed E-state index contributed by atoms with van der Waals surface area (Å²) in [5, 5.41) is 17.5. The maximum Gasteiger partial charge on any atom is 0.337 e. The fraction of sp³-hybridized carbons (Fsp3) is 0.125. The molecule has 0 fully saturated rings. The van der Waals surface area contributed by atoms with Crippen molar-refractivity contribution in [3.05, 3.63) is 33.8 Å². The first kappa shape index (κ1) is 11.1. The van der Waals surface area contributed by atoms with Gasteiger partial charge in [0.15, 0.2) is 6.10 Å². The van der Waals surface area contributed by atoms with E-state index < -0.39 is 29.3 Å². The lowest BCUT2D eigenvalue weighted by Gasteiger charge is -2.09. The van der Waals surface area contributed by atoms with Crippen LogP contribution in [0.2, 0.25) is 0 Å². The fourth-order valence-electron chi connectivity index (χ4n) is 0.917. The summed E-state index contributed by atoms with van der Waals surface area (Å²) < 4.78 is 25.5. The van der Waals surface area contributed by atoms with Crippen LogP contribution < -0.4 is 0 Å². The van der Waals surface area contributed by atoms with Crippen molar-refractivity contribution in [2.45, 2.75) is 6.10 Å². The number of hydrogen-bond acceptors (Lipinski definition) is 2. The van der Waals surface area contributed by atoms with Gasteiger partial charge in [0.05, 0.1) is 4.47 Å². The summed E-state index contributed by atoms with van der Waals surface area (Å²) in [6, 6.07) is 1.58. The molecule has 0 aliphatic heterocycles. The lowest BCUT2D eigenvalue weighted by molar-refractivity contribution is -0.147. The third kappa shape index (κ3) is 1.91. The Kier molecular flexibility index (Phi) is 3.17. The topological polar surface area (TPSA) is 57.5 Å². The van der Waals surface area contributed by atoms with Crippen LogP contribution in [-0.2, 0) is 4.79 Å². The van der Waals surface area contributed by atoms with Crippen molar-refractivity contribution in [3.63, 3.8) is 0 Å². The van der Waals surface area contributed by atoms with Gasteiger partial charge in [-0.15, -0.1) is 0 Å². The molecule has 2 N–H and O–H groups in total. The lowest BCUT2D eigenvalue weighted by Crippen LogP contribution is -2.13. The number of hydrogen-bond donors (Lipinski definition) is 2. The fourth-order valence-corrected chi connectivity index (χ4v) is 1.46. The highest BCUT2D eigenvalue weighted by Gasteiger charge is 2.24. The van der Waals surface area contributed by atoms with Crippen LogP contribution in [0.4, 0.5) is 8.78 Å².